The third kappa shape index (κ3) is 8.08. The van der Waals surface area contributed by atoms with Gasteiger partial charge in [0, 0.05) is 14.1 Å². The minimum absolute atomic E-state index is 0.261. The Morgan fingerprint density at radius 2 is 2.00 bits per heavy atom. The molecule has 18 heavy (non-hydrogen) atoms. The fraction of sp³-hybridized carbons (Fsp3) is 0.727. The van der Waals surface area contributed by atoms with Crippen molar-refractivity contribution in [2.24, 2.45) is 0 Å². The van der Waals surface area contributed by atoms with Gasteiger partial charge in [-0.15, -0.1) is 0 Å². The van der Waals surface area contributed by atoms with E-state index in [-0.39, 0.29) is 12.2 Å². The first-order chi connectivity index (χ1) is 8.28. The van der Waals surface area contributed by atoms with Crippen molar-refractivity contribution in [2.45, 2.75) is 26.2 Å². The number of ether oxygens (including phenoxy) is 1. The Hall–Kier alpha value is -1.08. The molecule has 0 aromatic rings. The zero-order valence-corrected chi connectivity index (χ0v) is 11.9. The Bertz CT molecular complexity index is 386. The third-order valence-corrected chi connectivity index (χ3v) is 2.88. The molecule has 0 aromatic heterocycles. The Labute approximate surface area is 108 Å². The number of allylic oxidation sites excluding steroid dienone is 1. The number of carbonyl (C=O) groups is 1. The lowest BCUT2D eigenvalue weighted by Crippen LogP contribution is -2.21. The lowest BCUT2D eigenvalue weighted by atomic mass is 10.2. The van der Waals surface area contributed by atoms with Crippen molar-refractivity contribution >= 4 is 16.1 Å². The molecule has 0 fully saturated rings. The lowest BCUT2D eigenvalue weighted by molar-refractivity contribution is -0.140. The summed E-state index contributed by atoms with van der Waals surface area (Å²) >= 11 is 0. The third-order valence-electron chi connectivity index (χ3n) is 2.07. The lowest BCUT2D eigenvalue weighted by Gasteiger charge is -2.15. The molecule has 0 amide bonds. The van der Waals surface area contributed by atoms with Gasteiger partial charge in [0.1, 0.15) is 5.70 Å². The van der Waals surface area contributed by atoms with Gasteiger partial charge in [0.25, 0.3) is 10.1 Å². The van der Waals surface area contributed by atoms with Gasteiger partial charge >= 0.3 is 5.97 Å². The average Bonchev–Trinajstić information content (AvgIpc) is 2.23. The number of unbranched alkanes of at least 4 members (excludes halogenated alkanes) is 1. The maximum Gasteiger partial charge on any atom is 0.354 e. The number of carbonyl (C=O) groups excluding carboxylic acids is 1. The van der Waals surface area contributed by atoms with Crippen LogP contribution >= 0.6 is 0 Å². The molecule has 0 heterocycles. The molecule has 0 atom stereocenters. The van der Waals surface area contributed by atoms with Crippen molar-refractivity contribution in [2.75, 3.05) is 26.5 Å². The van der Waals surface area contributed by atoms with Crippen molar-refractivity contribution in [3.63, 3.8) is 0 Å². The van der Waals surface area contributed by atoms with Gasteiger partial charge in [-0.1, -0.05) is 13.0 Å². The summed E-state index contributed by atoms with van der Waals surface area (Å²) in [6, 6.07) is 0. The number of nitrogens with zero attached hydrogens (tertiary/aromatic N) is 1. The van der Waals surface area contributed by atoms with Crippen LogP contribution in [0.2, 0.25) is 0 Å². The van der Waals surface area contributed by atoms with Gasteiger partial charge in [-0.2, -0.15) is 8.42 Å². The van der Waals surface area contributed by atoms with Crippen molar-refractivity contribution in [1.82, 2.24) is 4.90 Å². The molecule has 0 aromatic carbocycles. The number of hydrogen-bond acceptors (Lipinski definition) is 5. The predicted molar refractivity (Wildman–Crippen MR) is 68.7 cm³/mol. The number of likely N-dealkylation sites (N-methyl/N-ethyl adjacent to an activating group) is 1. The van der Waals surface area contributed by atoms with Crippen LogP contribution in [0.5, 0.6) is 0 Å². The molecule has 0 saturated carbocycles. The first kappa shape index (κ1) is 16.9. The van der Waals surface area contributed by atoms with E-state index >= 15 is 0 Å². The highest BCUT2D eigenvalue weighted by atomic mass is 32.2. The molecule has 0 aliphatic heterocycles. The smallest absolute Gasteiger partial charge is 0.354 e. The van der Waals surface area contributed by atoms with Gasteiger partial charge in [-0.3, -0.25) is 4.55 Å². The molecule has 0 aliphatic carbocycles. The quantitative estimate of drug-likeness (QED) is 0.309. The Kier molecular flexibility index (Phi) is 7.61. The van der Waals surface area contributed by atoms with Crippen LogP contribution in [0.3, 0.4) is 0 Å². The molecule has 0 saturated heterocycles. The van der Waals surface area contributed by atoms with Crippen LogP contribution in [-0.4, -0.2) is 50.3 Å². The van der Waals surface area contributed by atoms with E-state index in [2.05, 4.69) is 0 Å². The van der Waals surface area contributed by atoms with Gasteiger partial charge in [0.05, 0.1) is 12.4 Å². The van der Waals surface area contributed by atoms with Crippen LogP contribution in [-0.2, 0) is 19.6 Å². The number of esters is 1. The van der Waals surface area contributed by atoms with Crippen LogP contribution in [0, 0.1) is 0 Å². The van der Waals surface area contributed by atoms with E-state index in [9.17, 15) is 13.2 Å². The molecule has 0 bridgehead atoms. The van der Waals surface area contributed by atoms with Crippen molar-refractivity contribution < 1.29 is 22.5 Å². The van der Waals surface area contributed by atoms with Crippen molar-refractivity contribution in [1.29, 1.82) is 0 Å². The highest BCUT2D eigenvalue weighted by molar-refractivity contribution is 7.85. The highest BCUT2D eigenvalue weighted by Gasteiger charge is 2.12. The second-order valence-electron chi connectivity index (χ2n) is 4.05. The van der Waals surface area contributed by atoms with Crippen LogP contribution in [0.25, 0.3) is 0 Å². The molecule has 6 nitrogen and oxygen atoms in total. The SMILES string of the molecule is CCCOC(=O)C(=CCCCS(=O)(=O)O)N(C)C. The molecule has 0 spiro atoms. The zero-order chi connectivity index (χ0) is 14.2. The summed E-state index contributed by atoms with van der Waals surface area (Å²) in [5.74, 6) is -0.734. The predicted octanol–water partition coefficient (Wildman–Crippen LogP) is 1.05. The van der Waals surface area contributed by atoms with E-state index in [1.807, 2.05) is 6.92 Å². The Morgan fingerprint density at radius 1 is 1.39 bits per heavy atom. The summed E-state index contributed by atoms with van der Waals surface area (Å²) in [7, 11) is -0.515. The summed E-state index contributed by atoms with van der Waals surface area (Å²) < 4.78 is 34.6. The van der Waals surface area contributed by atoms with Gasteiger partial charge < -0.3 is 9.64 Å². The molecule has 1 N–H and O–H groups in total. The fourth-order valence-corrected chi connectivity index (χ4v) is 1.75. The molecule has 106 valence electrons. The monoisotopic (exact) mass is 279 g/mol. The van der Waals surface area contributed by atoms with Gasteiger partial charge in [0.2, 0.25) is 0 Å². The maximum atomic E-state index is 11.6. The van der Waals surface area contributed by atoms with E-state index in [4.69, 9.17) is 9.29 Å². The van der Waals surface area contributed by atoms with Crippen LogP contribution in [0.15, 0.2) is 11.8 Å². The summed E-state index contributed by atoms with van der Waals surface area (Å²) in [6.45, 7) is 2.26. The summed E-state index contributed by atoms with van der Waals surface area (Å²) in [5, 5.41) is 0. The molecule has 7 heteroatoms. The van der Waals surface area contributed by atoms with Gasteiger partial charge in [-0.25, -0.2) is 4.79 Å². The van der Waals surface area contributed by atoms with E-state index in [0.717, 1.165) is 6.42 Å². The maximum absolute atomic E-state index is 11.6. The average molecular weight is 279 g/mol. The van der Waals surface area contributed by atoms with E-state index < -0.39 is 16.1 Å². The summed E-state index contributed by atoms with van der Waals surface area (Å²) in [5.41, 5.74) is 0.388. The molecule has 0 radical (unpaired) electrons. The number of rotatable bonds is 8. The fourth-order valence-electron chi connectivity index (χ4n) is 1.22. The molecule has 0 rings (SSSR count). The highest BCUT2D eigenvalue weighted by Crippen LogP contribution is 2.06. The van der Waals surface area contributed by atoms with E-state index in [1.54, 1.807) is 25.1 Å². The first-order valence-corrected chi connectivity index (χ1v) is 7.38. The Morgan fingerprint density at radius 3 is 2.44 bits per heavy atom. The largest absolute Gasteiger partial charge is 0.461 e. The van der Waals surface area contributed by atoms with E-state index in [0.29, 0.717) is 18.7 Å². The topological polar surface area (TPSA) is 83.9 Å². The van der Waals surface area contributed by atoms with Gasteiger partial charge in [0.15, 0.2) is 0 Å². The standard InChI is InChI=1S/C11H21NO5S/c1-4-8-17-11(13)10(12(2)3)7-5-6-9-18(14,15)16/h7H,4-6,8-9H2,1-3H3,(H,14,15,16). The Balaban J connectivity index is 4.37. The van der Waals surface area contributed by atoms with E-state index in [1.165, 1.54) is 0 Å². The van der Waals surface area contributed by atoms with Gasteiger partial charge in [-0.05, 0) is 19.3 Å². The summed E-state index contributed by atoms with van der Waals surface area (Å²) in [4.78, 5) is 13.3. The second kappa shape index (κ2) is 8.10. The molecular weight excluding hydrogens is 258 g/mol. The first-order valence-electron chi connectivity index (χ1n) is 5.77. The normalized spacial score (nSPS) is 12.3. The zero-order valence-electron chi connectivity index (χ0n) is 11.0. The van der Waals surface area contributed by atoms with Crippen molar-refractivity contribution in [3.05, 3.63) is 11.8 Å². The van der Waals surface area contributed by atoms with Crippen molar-refractivity contribution in [3.8, 4) is 0 Å². The molecule has 0 aliphatic rings. The minimum atomic E-state index is -3.94. The van der Waals surface area contributed by atoms with Crippen LogP contribution in [0.1, 0.15) is 26.2 Å². The summed E-state index contributed by atoms with van der Waals surface area (Å²) in [6.07, 6.45) is 3.00. The minimum Gasteiger partial charge on any atom is -0.461 e. The number of hydrogen-bond donors (Lipinski definition) is 1. The molecular formula is C11H21NO5S. The van der Waals surface area contributed by atoms with Crippen LogP contribution < -0.4 is 0 Å². The van der Waals surface area contributed by atoms with Crippen LogP contribution in [0.4, 0.5) is 0 Å². The second-order valence-corrected chi connectivity index (χ2v) is 5.62. The molecule has 0 unspecified atom stereocenters.